The van der Waals surface area contributed by atoms with Crippen LogP contribution in [0.2, 0.25) is 12.1 Å². The van der Waals surface area contributed by atoms with Gasteiger partial charge in [-0.3, -0.25) is 0 Å². The van der Waals surface area contributed by atoms with Gasteiger partial charge in [0, 0.05) is 0 Å². The second-order valence-electron chi connectivity index (χ2n) is 7.15. The molecule has 1 fully saturated rings. The summed E-state index contributed by atoms with van der Waals surface area (Å²) in [5.41, 5.74) is 4.62. The lowest BCUT2D eigenvalue weighted by Gasteiger charge is -2.33. The van der Waals surface area contributed by atoms with E-state index in [1.807, 2.05) is 0 Å². The van der Waals surface area contributed by atoms with Gasteiger partial charge in [-0.1, -0.05) is 75.6 Å². The molecule has 21 heavy (non-hydrogen) atoms. The fourth-order valence-corrected chi connectivity index (χ4v) is 10.1. The zero-order valence-electron chi connectivity index (χ0n) is 13.2. The van der Waals surface area contributed by atoms with Crippen molar-refractivity contribution in [1.29, 1.82) is 0 Å². The second kappa shape index (κ2) is 4.84. The van der Waals surface area contributed by atoms with Gasteiger partial charge in [-0.25, -0.2) is 0 Å². The van der Waals surface area contributed by atoms with Crippen molar-refractivity contribution in [3.05, 3.63) is 48.0 Å². The van der Waals surface area contributed by atoms with Crippen molar-refractivity contribution in [3.63, 3.8) is 0 Å². The zero-order chi connectivity index (χ0) is 14.4. The Bertz CT molecular complexity index is 678. The van der Waals surface area contributed by atoms with Crippen LogP contribution in [-0.4, -0.2) is 8.07 Å². The van der Waals surface area contributed by atoms with Crippen molar-refractivity contribution < 1.29 is 0 Å². The highest BCUT2D eigenvalue weighted by Crippen LogP contribution is 2.38. The van der Waals surface area contributed by atoms with Crippen LogP contribution in [0.15, 0.2) is 42.5 Å². The SMILES string of the molecule is CC(C)c1ccc2c(c1)-c1ccccc1[Si]21CCCCC1. The van der Waals surface area contributed by atoms with Crippen molar-refractivity contribution in [2.75, 3.05) is 0 Å². The lowest BCUT2D eigenvalue weighted by Crippen LogP contribution is -2.56. The molecule has 4 rings (SSSR count). The Morgan fingerprint density at radius 2 is 1.52 bits per heavy atom. The highest BCUT2D eigenvalue weighted by molar-refractivity contribution is 7.05. The minimum absolute atomic E-state index is 0.618. The molecule has 1 saturated heterocycles. The lowest BCUT2D eigenvalue weighted by atomic mass is 9.97. The van der Waals surface area contributed by atoms with Crippen LogP contribution in [0.5, 0.6) is 0 Å². The summed E-state index contributed by atoms with van der Waals surface area (Å²) < 4.78 is 0. The van der Waals surface area contributed by atoms with Gasteiger partial charge in [0.05, 0.1) is 0 Å². The normalized spacial score (nSPS) is 18.8. The van der Waals surface area contributed by atoms with E-state index in [0.29, 0.717) is 5.92 Å². The first kappa shape index (κ1) is 13.3. The molecule has 0 radical (unpaired) electrons. The van der Waals surface area contributed by atoms with Crippen molar-refractivity contribution in [2.24, 2.45) is 0 Å². The van der Waals surface area contributed by atoms with E-state index >= 15 is 0 Å². The fourth-order valence-electron chi connectivity index (χ4n) is 4.54. The van der Waals surface area contributed by atoms with Gasteiger partial charge < -0.3 is 0 Å². The van der Waals surface area contributed by atoms with Gasteiger partial charge in [0.15, 0.2) is 0 Å². The Morgan fingerprint density at radius 3 is 2.29 bits per heavy atom. The van der Waals surface area contributed by atoms with Crippen molar-refractivity contribution >= 4 is 18.4 Å². The number of hydrogen-bond donors (Lipinski definition) is 0. The monoisotopic (exact) mass is 292 g/mol. The minimum atomic E-state index is -1.42. The molecule has 0 atom stereocenters. The molecule has 2 aliphatic rings. The summed E-state index contributed by atoms with van der Waals surface area (Å²) in [6.07, 6.45) is 4.31. The number of rotatable bonds is 1. The van der Waals surface area contributed by atoms with Gasteiger partial charge in [0.25, 0.3) is 0 Å². The molecule has 1 heteroatoms. The quantitative estimate of drug-likeness (QED) is 0.677. The highest BCUT2D eigenvalue weighted by atomic mass is 28.3. The van der Waals surface area contributed by atoms with Crippen molar-refractivity contribution in [3.8, 4) is 11.1 Å². The second-order valence-corrected chi connectivity index (χ2v) is 11.4. The molecule has 0 aliphatic carbocycles. The smallest absolute Gasteiger partial charge is 0.0623 e. The summed E-state index contributed by atoms with van der Waals surface area (Å²) in [7, 11) is -1.42. The Kier molecular flexibility index (Phi) is 3.07. The predicted molar refractivity (Wildman–Crippen MR) is 94.5 cm³/mol. The molecule has 0 amide bonds. The maximum absolute atomic E-state index is 2.50. The highest BCUT2D eigenvalue weighted by Gasteiger charge is 2.45. The van der Waals surface area contributed by atoms with E-state index < -0.39 is 8.07 Å². The van der Waals surface area contributed by atoms with Crippen LogP contribution in [0.4, 0.5) is 0 Å². The van der Waals surface area contributed by atoms with Crippen molar-refractivity contribution in [1.82, 2.24) is 0 Å². The average Bonchev–Trinajstić information content (AvgIpc) is 2.79. The van der Waals surface area contributed by atoms with Gasteiger partial charge in [-0.05, 0) is 45.1 Å². The van der Waals surface area contributed by atoms with Crippen LogP contribution >= 0.6 is 0 Å². The van der Waals surface area contributed by atoms with E-state index in [1.54, 1.807) is 21.5 Å². The Labute approximate surface area is 129 Å². The number of hydrogen-bond acceptors (Lipinski definition) is 0. The molecular formula is C20H24Si. The molecule has 2 aromatic carbocycles. The zero-order valence-corrected chi connectivity index (χ0v) is 14.2. The summed E-state index contributed by atoms with van der Waals surface area (Å²) in [4.78, 5) is 0. The molecule has 0 bridgehead atoms. The first-order valence-electron chi connectivity index (χ1n) is 8.47. The average molecular weight is 292 g/mol. The van der Waals surface area contributed by atoms with Gasteiger partial charge in [0.2, 0.25) is 0 Å². The molecule has 0 saturated carbocycles. The minimum Gasteiger partial charge on any atom is -0.0623 e. The fraction of sp³-hybridized carbons (Fsp3) is 0.400. The number of benzene rings is 2. The van der Waals surface area contributed by atoms with E-state index in [9.17, 15) is 0 Å². The molecule has 108 valence electrons. The summed E-state index contributed by atoms with van der Waals surface area (Å²) in [5.74, 6) is 0.618. The molecule has 0 N–H and O–H groups in total. The van der Waals surface area contributed by atoms with E-state index in [-0.39, 0.29) is 0 Å². The van der Waals surface area contributed by atoms with Gasteiger partial charge in [-0.2, -0.15) is 0 Å². The van der Waals surface area contributed by atoms with Crippen LogP contribution in [0, 0.1) is 0 Å². The molecule has 2 heterocycles. The predicted octanol–water partition coefficient (Wildman–Crippen LogP) is 4.54. The molecule has 0 unspecified atom stereocenters. The largest absolute Gasteiger partial charge is 0.119 e. The van der Waals surface area contributed by atoms with E-state index in [1.165, 1.54) is 36.9 Å². The van der Waals surface area contributed by atoms with E-state index in [2.05, 4.69) is 56.3 Å². The Balaban J connectivity index is 1.97. The van der Waals surface area contributed by atoms with Crippen LogP contribution in [0.1, 0.15) is 44.6 Å². The van der Waals surface area contributed by atoms with Crippen LogP contribution < -0.4 is 10.4 Å². The maximum atomic E-state index is 2.50. The maximum Gasteiger partial charge on any atom is 0.119 e. The summed E-state index contributed by atoms with van der Waals surface area (Å²) in [6, 6.07) is 19.6. The lowest BCUT2D eigenvalue weighted by molar-refractivity contribution is 0.721. The van der Waals surface area contributed by atoms with Crippen molar-refractivity contribution in [2.45, 2.75) is 51.1 Å². The molecule has 2 aromatic rings. The third-order valence-corrected chi connectivity index (χ3v) is 11.0. The third kappa shape index (κ3) is 1.87. The first-order chi connectivity index (χ1) is 10.2. The van der Waals surface area contributed by atoms with Gasteiger partial charge in [0.1, 0.15) is 8.07 Å². The van der Waals surface area contributed by atoms with Gasteiger partial charge in [-0.15, -0.1) is 0 Å². The van der Waals surface area contributed by atoms with E-state index in [4.69, 9.17) is 0 Å². The molecule has 0 aromatic heterocycles. The standard InChI is InChI=1S/C20H24Si/c1-15(2)16-10-11-20-18(14-16)17-8-4-5-9-19(17)21(20)12-6-3-7-13-21/h4-5,8-11,14-15H,3,6-7,12-13H2,1-2H3. The Morgan fingerprint density at radius 1 is 0.810 bits per heavy atom. The molecule has 2 aliphatic heterocycles. The summed E-state index contributed by atoms with van der Waals surface area (Å²) in [6.45, 7) is 4.60. The third-order valence-electron chi connectivity index (χ3n) is 5.67. The van der Waals surface area contributed by atoms with Crippen LogP contribution in [0.25, 0.3) is 11.1 Å². The molecule has 0 nitrogen and oxygen atoms in total. The molecular weight excluding hydrogens is 268 g/mol. The first-order valence-corrected chi connectivity index (χ1v) is 10.9. The Hall–Kier alpha value is -1.34. The summed E-state index contributed by atoms with van der Waals surface area (Å²) in [5, 5.41) is 3.48. The van der Waals surface area contributed by atoms with Gasteiger partial charge >= 0.3 is 0 Å². The van der Waals surface area contributed by atoms with Crippen LogP contribution in [-0.2, 0) is 0 Å². The topological polar surface area (TPSA) is 0 Å². The van der Waals surface area contributed by atoms with E-state index in [0.717, 1.165) is 0 Å². The summed E-state index contributed by atoms with van der Waals surface area (Å²) >= 11 is 0. The number of fused-ring (bicyclic) bond motifs is 5. The van der Waals surface area contributed by atoms with Crippen LogP contribution in [0.3, 0.4) is 0 Å². The molecule has 1 spiro atoms.